The molecular formula is C17H18Cl2N2O2. The van der Waals surface area contributed by atoms with E-state index in [1.807, 2.05) is 20.8 Å². The first-order valence-corrected chi connectivity index (χ1v) is 7.79. The first-order valence-electron chi connectivity index (χ1n) is 7.04. The summed E-state index contributed by atoms with van der Waals surface area (Å²) < 4.78 is 5.43. The van der Waals surface area contributed by atoms with Crippen LogP contribution in [0, 0.1) is 5.41 Å². The Kier molecular flexibility index (Phi) is 5.17. The molecule has 1 N–H and O–H groups in total. The van der Waals surface area contributed by atoms with E-state index in [-0.39, 0.29) is 5.91 Å². The summed E-state index contributed by atoms with van der Waals surface area (Å²) in [5, 5.41) is 3.66. The standard InChI is InChI=1S/C17H18Cl2N2O2/c1-17(2,3)16(22)21-12-6-5-7-13(23-4)15(12)10-8-14(19)20-9-11(10)18/h5-9H,1-4H3,(H,21,22). The molecule has 4 nitrogen and oxygen atoms in total. The highest BCUT2D eigenvalue weighted by atomic mass is 35.5. The quantitative estimate of drug-likeness (QED) is 0.786. The van der Waals surface area contributed by atoms with E-state index in [1.54, 1.807) is 31.4 Å². The first-order chi connectivity index (χ1) is 10.7. The van der Waals surface area contributed by atoms with Gasteiger partial charge in [0.1, 0.15) is 10.9 Å². The molecular weight excluding hydrogens is 335 g/mol. The maximum Gasteiger partial charge on any atom is 0.229 e. The molecule has 0 saturated heterocycles. The second-order valence-electron chi connectivity index (χ2n) is 6.07. The molecule has 0 fully saturated rings. The summed E-state index contributed by atoms with van der Waals surface area (Å²) in [7, 11) is 1.56. The van der Waals surface area contributed by atoms with Crippen LogP contribution in [0.1, 0.15) is 20.8 Å². The summed E-state index contributed by atoms with van der Waals surface area (Å²) in [6.45, 7) is 5.54. The number of nitrogens with one attached hydrogen (secondary N) is 1. The van der Waals surface area contributed by atoms with E-state index < -0.39 is 5.41 Å². The molecule has 0 bridgehead atoms. The van der Waals surface area contributed by atoms with Gasteiger partial charge in [-0.15, -0.1) is 0 Å². The maximum absolute atomic E-state index is 12.3. The molecule has 0 atom stereocenters. The van der Waals surface area contributed by atoms with Gasteiger partial charge in [-0.3, -0.25) is 4.79 Å². The minimum Gasteiger partial charge on any atom is -0.496 e. The average molecular weight is 353 g/mol. The zero-order valence-electron chi connectivity index (χ0n) is 13.4. The van der Waals surface area contributed by atoms with E-state index in [9.17, 15) is 4.79 Å². The Morgan fingerprint density at radius 3 is 2.57 bits per heavy atom. The number of nitrogens with zero attached hydrogens (tertiary/aromatic N) is 1. The van der Waals surface area contributed by atoms with Crippen molar-refractivity contribution in [3.05, 3.63) is 40.6 Å². The van der Waals surface area contributed by atoms with Gasteiger partial charge in [0.15, 0.2) is 0 Å². The highest BCUT2D eigenvalue weighted by Gasteiger charge is 2.24. The highest BCUT2D eigenvalue weighted by Crippen LogP contribution is 2.41. The monoisotopic (exact) mass is 352 g/mol. The lowest BCUT2D eigenvalue weighted by atomic mass is 9.95. The van der Waals surface area contributed by atoms with Crippen molar-refractivity contribution >= 4 is 34.8 Å². The second-order valence-corrected chi connectivity index (χ2v) is 6.87. The lowest BCUT2D eigenvalue weighted by Gasteiger charge is -2.21. The van der Waals surface area contributed by atoms with Crippen molar-refractivity contribution in [3.63, 3.8) is 0 Å². The number of ether oxygens (including phenoxy) is 1. The predicted octanol–water partition coefficient (Wildman–Crippen LogP) is 5.05. The molecule has 6 heteroatoms. The minimum atomic E-state index is -0.528. The number of hydrogen-bond donors (Lipinski definition) is 1. The Hall–Kier alpha value is -1.78. The van der Waals surface area contributed by atoms with Crippen molar-refractivity contribution in [2.75, 3.05) is 12.4 Å². The normalized spacial score (nSPS) is 11.2. The zero-order chi connectivity index (χ0) is 17.2. The van der Waals surface area contributed by atoms with Crippen LogP contribution in [0.4, 0.5) is 5.69 Å². The van der Waals surface area contributed by atoms with E-state index in [1.165, 1.54) is 6.20 Å². The number of pyridine rings is 1. The number of aromatic nitrogens is 1. The molecule has 23 heavy (non-hydrogen) atoms. The van der Waals surface area contributed by atoms with E-state index >= 15 is 0 Å². The van der Waals surface area contributed by atoms with Crippen LogP contribution in [0.15, 0.2) is 30.5 Å². The summed E-state index contributed by atoms with van der Waals surface area (Å²) >= 11 is 12.3. The summed E-state index contributed by atoms with van der Waals surface area (Å²) in [6.07, 6.45) is 1.47. The number of carbonyl (C=O) groups excluding carboxylic acids is 1. The van der Waals surface area contributed by atoms with Crippen LogP contribution in [-0.2, 0) is 4.79 Å². The Morgan fingerprint density at radius 2 is 1.96 bits per heavy atom. The van der Waals surface area contributed by atoms with Crippen LogP contribution in [-0.4, -0.2) is 18.0 Å². The number of hydrogen-bond acceptors (Lipinski definition) is 3. The molecule has 0 aliphatic rings. The summed E-state index contributed by atoms with van der Waals surface area (Å²) in [5.74, 6) is 0.476. The van der Waals surface area contributed by atoms with Gasteiger partial charge in [-0.1, -0.05) is 50.0 Å². The van der Waals surface area contributed by atoms with Crippen molar-refractivity contribution in [3.8, 4) is 16.9 Å². The van der Waals surface area contributed by atoms with Crippen molar-refractivity contribution in [2.24, 2.45) is 5.41 Å². The molecule has 2 aromatic rings. The zero-order valence-corrected chi connectivity index (χ0v) is 14.9. The van der Waals surface area contributed by atoms with Gasteiger partial charge in [0.2, 0.25) is 5.91 Å². The summed E-state index contributed by atoms with van der Waals surface area (Å²) in [4.78, 5) is 16.3. The van der Waals surface area contributed by atoms with Crippen molar-refractivity contribution < 1.29 is 9.53 Å². The average Bonchev–Trinajstić information content (AvgIpc) is 2.48. The molecule has 0 aliphatic carbocycles. The van der Waals surface area contributed by atoms with Crippen LogP contribution in [0.3, 0.4) is 0 Å². The third-order valence-electron chi connectivity index (χ3n) is 3.27. The largest absolute Gasteiger partial charge is 0.496 e. The number of methoxy groups -OCH3 is 1. The molecule has 1 heterocycles. The Morgan fingerprint density at radius 1 is 1.26 bits per heavy atom. The van der Waals surface area contributed by atoms with E-state index in [4.69, 9.17) is 27.9 Å². The SMILES string of the molecule is COc1cccc(NC(=O)C(C)(C)C)c1-c1cc(Cl)ncc1Cl. The van der Waals surface area contributed by atoms with E-state index in [0.717, 1.165) is 0 Å². The number of rotatable bonds is 3. The number of amides is 1. The van der Waals surface area contributed by atoms with Gasteiger partial charge < -0.3 is 10.1 Å². The molecule has 0 radical (unpaired) electrons. The lowest BCUT2D eigenvalue weighted by Crippen LogP contribution is -2.27. The number of carbonyl (C=O) groups is 1. The molecule has 0 spiro atoms. The van der Waals surface area contributed by atoms with Crippen LogP contribution in [0.5, 0.6) is 5.75 Å². The molecule has 0 saturated carbocycles. The molecule has 2 rings (SSSR count). The van der Waals surface area contributed by atoms with Crippen LogP contribution in [0.2, 0.25) is 10.2 Å². The lowest BCUT2D eigenvalue weighted by molar-refractivity contribution is -0.123. The minimum absolute atomic E-state index is 0.108. The van der Waals surface area contributed by atoms with Crippen molar-refractivity contribution in [1.82, 2.24) is 4.98 Å². The molecule has 0 aliphatic heterocycles. The van der Waals surface area contributed by atoms with Gasteiger partial charge in [-0.25, -0.2) is 4.98 Å². The number of halogens is 2. The Balaban J connectivity index is 2.61. The van der Waals surface area contributed by atoms with Crippen LogP contribution in [0.25, 0.3) is 11.1 Å². The fourth-order valence-corrected chi connectivity index (χ4v) is 2.35. The number of anilines is 1. The van der Waals surface area contributed by atoms with Crippen molar-refractivity contribution in [2.45, 2.75) is 20.8 Å². The molecule has 122 valence electrons. The molecule has 1 aromatic carbocycles. The second kappa shape index (κ2) is 6.77. The number of benzene rings is 1. The van der Waals surface area contributed by atoms with Gasteiger partial charge in [0, 0.05) is 22.7 Å². The summed E-state index contributed by atoms with van der Waals surface area (Å²) in [5.41, 5.74) is 1.39. The predicted molar refractivity (Wildman–Crippen MR) is 94.3 cm³/mol. The van der Waals surface area contributed by atoms with Gasteiger partial charge in [0.25, 0.3) is 0 Å². The van der Waals surface area contributed by atoms with E-state index in [0.29, 0.717) is 32.7 Å². The van der Waals surface area contributed by atoms with Crippen molar-refractivity contribution in [1.29, 1.82) is 0 Å². The van der Waals surface area contributed by atoms with Crippen LogP contribution >= 0.6 is 23.2 Å². The van der Waals surface area contributed by atoms with Gasteiger partial charge >= 0.3 is 0 Å². The maximum atomic E-state index is 12.3. The Bertz CT molecular complexity index is 740. The van der Waals surface area contributed by atoms with Crippen LogP contribution < -0.4 is 10.1 Å². The topological polar surface area (TPSA) is 51.2 Å². The smallest absolute Gasteiger partial charge is 0.229 e. The molecule has 1 aromatic heterocycles. The fourth-order valence-electron chi connectivity index (χ4n) is 2.00. The third-order valence-corrected chi connectivity index (χ3v) is 3.77. The molecule has 0 unspecified atom stereocenters. The fraction of sp³-hybridized carbons (Fsp3) is 0.294. The first kappa shape index (κ1) is 17.6. The Labute approximate surface area is 145 Å². The highest BCUT2D eigenvalue weighted by molar-refractivity contribution is 6.35. The van der Waals surface area contributed by atoms with Gasteiger partial charge in [-0.2, -0.15) is 0 Å². The van der Waals surface area contributed by atoms with E-state index in [2.05, 4.69) is 10.3 Å². The third kappa shape index (κ3) is 3.95. The van der Waals surface area contributed by atoms with Gasteiger partial charge in [-0.05, 0) is 18.2 Å². The molecule has 1 amide bonds. The van der Waals surface area contributed by atoms with Gasteiger partial charge in [0.05, 0.1) is 17.8 Å². The summed E-state index contributed by atoms with van der Waals surface area (Å²) in [6, 6.07) is 7.05.